The predicted molar refractivity (Wildman–Crippen MR) is 42.4 cm³/mol. The summed E-state index contributed by atoms with van der Waals surface area (Å²) in [7, 11) is 0. The summed E-state index contributed by atoms with van der Waals surface area (Å²) < 4.78 is 0. The van der Waals surface area contributed by atoms with E-state index in [1.54, 1.807) is 24.3 Å². The van der Waals surface area contributed by atoms with E-state index in [-0.39, 0.29) is 0 Å². The fourth-order valence-electron chi connectivity index (χ4n) is 1.59. The van der Waals surface area contributed by atoms with Crippen LogP contribution < -0.4 is 0 Å². The maximum Gasteiger partial charge on any atom is 0.114 e. The lowest BCUT2D eigenvalue weighted by Crippen LogP contribution is -2.17. The number of fused-ring (bicyclic) bond motifs is 1. The lowest BCUT2D eigenvalue weighted by Gasteiger charge is -2.10. The summed E-state index contributed by atoms with van der Waals surface area (Å²) in [6.07, 6.45) is -2.98. The van der Waals surface area contributed by atoms with Gasteiger partial charge in [-0.05, 0) is 11.1 Å². The molecule has 0 amide bonds. The van der Waals surface area contributed by atoms with Gasteiger partial charge in [-0.2, -0.15) is 0 Å². The van der Waals surface area contributed by atoms with Gasteiger partial charge in [-0.25, -0.2) is 0 Å². The lowest BCUT2D eigenvalue weighted by atomic mass is 10.1. The molecule has 1 aliphatic carbocycles. The van der Waals surface area contributed by atoms with Gasteiger partial charge in [0, 0.05) is 0 Å². The molecule has 3 N–H and O–H groups in total. The quantitative estimate of drug-likeness (QED) is 0.513. The number of benzene rings is 1. The molecular weight excluding hydrogens is 156 g/mol. The summed E-state index contributed by atoms with van der Waals surface area (Å²) in [6, 6.07) is 6.96. The Hall–Kier alpha value is -0.900. The fourth-order valence-corrected chi connectivity index (χ4v) is 1.59. The van der Waals surface area contributed by atoms with E-state index < -0.39 is 18.3 Å². The van der Waals surface area contributed by atoms with Gasteiger partial charge < -0.3 is 15.3 Å². The van der Waals surface area contributed by atoms with E-state index in [0.29, 0.717) is 11.1 Å². The number of hydrogen-bond donors (Lipinski definition) is 3. The average Bonchev–Trinajstić information content (AvgIpc) is 2.33. The van der Waals surface area contributed by atoms with E-state index in [9.17, 15) is 15.3 Å². The number of hydrogen-bond acceptors (Lipinski definition) is 3. The Labute approximate surface area is 69.9 Å². The third-order valence-electron chi connectivity index (χ3n) is 2.28. The van der Waals surface area contributed by atoms with Crippen molar-refractivity contribution in [2.24, 2.45) is 0 Å². The van der Waals surface area contributed by atoms with E-state index in [4.69, 9.17) is 0 Å². The zero-order chi connectivity index (χ0) is 8.72. The second-order valence-corrected chi connectivity index (χ2v) is 3.01. The number of rotatable bonds is 0. The van der Waals surface area contributed by atoms with Crippen LogP contribution in [-0.4, -0.2) is 21.4 Å². The average molecular weight is 166 g/mol. The van der Waals surface area contributed by atoms with Gasteiger partial charge in [-0.3, -0.25) is 0 Å². The van der Waals surface area contributed by atoms with Gasteiger partial charge in [0.05, 0.1) is 0 Å². The van der Waals surface area contributed by atoms with Crippen LogP contribution in [-0.2, 0) is 0 Å². The standard InChI is InChI=1S/C9H10O3/c10-7-5-3-1-2-4-6(5)8(11)9(7)12/h1-4,7-12H. The molecule has 1 aromatic carbocycles. The minimum absolute atomic E-state index is 0.623. The molecule has 3 nitrogen and oxygen atoms in total. The minimum atomic E-state index is -1.08. The Morgan fingerprint density at radius 3 is 1.67 bits per heavy atom. The van der Waals surface area contributed by atoms with Crippen LogP contribution >= 0.6 is 0 Å². The minimum Gasteiger partial charge on any atom is -0.387 e. The summed E-state index contributed by atoms with van der Waals surface area (Å²) in [6.45, 7) is 0. The molecule has 2 atom stereocenters. The highest BCUT2D eigenvalue weighted by molar-refractivity contribution is 5.37. The van der Waals surface area contributed by atoms with Gasteiger partial charge in [-0.15, -0.1) is 0 Å². The largest absolute Gasteiger partial charge is 0.387 e. The molecule has 3 heteroatoms. The van der Waals surface area contributed by atoms with Gasteiger partial charge in [0.15, 0.2) is 0 Å². The zero-order valence-electron chi connectivity index (χ0n) is 6.38. The molecule has 0 spiro atoms. The number of aliphatic hydroxyl groups is 3. The third-order valence-corrected chi connectivity index (χ3v) is 2.28. The molecule has 0 aromatic heterocycles. The van der Waals surface area contributed by atoms with E-state index in [1.807, 2.05) is 0 Å². The molecule has 0 saturated heterocycles. The molecule has 64 valence electrons. The smallest absolute Gasteiger partial charge is 0.114 e. The molecule has 0 radical (unpaired) electrons. The topological polar surface area (TPSA) is 60.7 Å². The molecule has 2 unspecified atom stereocenters. The Balaban J connectivity index is 2.52. The molecular formula is C9H10O3. The highest BCUT2D eigenvalue weighted by atomic mass is 16.4. The van der Waals surface area contributed by atoms with Crippen molar-refractivity contribution in [2.75, 3.05) is 0 Å². The first-order valence-corrected chi connectivity index (χ1v) is 3.85. The van der Waals surface area contributed by atoms with Crippen LogP contribution in [0.5, 0.6) is 0 Å². The maximum atomic E-state index is 9.41. The number of aliphatic hydroxyl groups excluding tert-OH is 3. The van der Waals surface area contributed by atoms with Crippen LogP contribution in [0.15, 0.2) is 24.3 Å². The van der Waals surface area contributed by atoms with E-state index in [1.165, 1.54) is 0 Å². The summed E-state index contributed by atoms with van der Waals surface area (Å²) in [5.74, 6) is 0. The van der Waals surface area contributed by atoms with Gasteiger partial charge in [0.2, 0.25) is 0 Å². The van der Waals surface area contributed by atoms with Gasteiger partial charge in [-0.1, -0.05) is 24.3 Å². The summed E-state index contributed by atoms with van der Waals surface area (Å²) in [5.41, 5.74) is 1.25. The van der Waals surface area contributed by atoms with Crippen LogP contribution in [0.4, 0.5) is 0 Å². The van der Waals surface area contributed by atoms with Crippen molar-refractivity contribution in [2.45, 2.75) is 18.3 Å². The second kappa shape index (κ2) is 2.55. The molecule has 1 aliphatic rings. The van der Waals surface area contributed by atoms with E-state index >= 15 is 0 Å². The van der Waals surface area contributed by atoms with Crippen LogP contribution in [0.25, 0.3) is 0 Å². The summed E-state index contributed by atoms with van der Waals surface area (Å²) in [5, 5.41) is 28.1. The van der Waals surface area contributed by atoms with Crippen LogP contribution in [0.2, 0.25) is 0 Å². The highest BCUT2D eigenvalue weighted by Crippen LogP contribution is 2.38. The van der Waals surface area contributed by atoms with Crippen molar-refractivity contribution in [3.8, 4) is 0 Å². The summed E-state index contributed by atoms with van der Waals surface area (Å²) >= 11 is 0. The normalized spacial score (nSPS) is 33.4. The first-order chi connectivity index (χ1) is 5.72. The monoisotopic (exact) mass is 166 g/mol. The van der Waals surface area contributed by atoms with E-state index in [0.717, 1.165) is 0 Å². The molecule has 1 aromatic rings. The van der Waals surface area contributed by atoms with Crippen molar-refractivity contribution in [1.29, 1.82) is 0 Å². The Morgan fingerprint density at radius 1 is 0.833 bits per heavy atom. The highest BCUT2D eigenvalue weighted by Gasteiger charge is 2.36. The van der Waals surface area contributed by atoms with Crippen molar-refractivity contribution >= 4 is 0 Å². The SMILES string of the molecule is OC1c2ccccc2C(O)C1O. The zero-order valence-corrected chi connectivity index (χ0v) is 6.38. The van der Waals surface area contributed by atoms with Gasteiger partial charge in [0.1, 0.15) is 18.3 Å². The van der Waals surface area contributed by atoms with Gasteiger partial charge in [0.25, 0.3) is 0 Å². The molecule has 0 aliphatic heterocycles. The van der Waals surface area contributed by atoms with Crippen molar-refractivity contribution in [3.63, 3.8) is 0 Å². The molecule has 0 bridgehead atoms. The maximum absolute atomic E-state index is 9.41. The van der Waals surface area contributed by atoms with Crippen molar-refractivity contribution < 1.29 is 15.3 Å². The van der Waals surface area contributed by atoms with Crippen LogP contribution in [0.3, 0.4) is 0 Å². The van der Waals surface area contributed by atoms with Crippen molar-refractivity contribution in [1.82, 2.24) is 0 Å². The summed E-state index contributed by atoms with van der Waals surface area (Å²) in [4.78, 5) is 0. The molecule has 2 rings (SSSR count). The van der Waals surface area contributed by atoms with E-state index in [2.05, 4.69) is 0 Å². The Bertz CT molecular complexity index is 269. The predicted octanol–water partition coefficient (Wildman–Crippen LogP) is 0.128. The molecule has 0 fully saturated rings. The van der Waals surface area contributed by atoms with Crippen LogP contribution in [0.1, 0.15) is 23.3 Å². The Morgan fingerprint density at radius 2 is 1.25 bits per heavy atom. The third kappa shape index (κ3) is 0.876. The van der Waals surface area contributed by atoms with Crippen molar-refractivity contribution in [3.05, 3.63) is 35.4 Å². The fraction of sp³-hybridized carbons (Fsp3) is 0.333. The Kier molecular flexibility index (Phi) is 1.65. The molecule has 12 heavy (non-hydrogen) atoms. The molecule has 0 saturated carbocycles. The van der Waals surface area contributed by atoms with Crippen LogP contribution in [0, 0.1) is 0 Å². The second-order valence-electron chi connectivity index (χ2n) is 3.01. The first-order valence-electron chi connectivity index (χ1n) is 3.85. The lowest BCUT2D eigenvalue weighted by molar-refractivity contribution is -0.0431. The van der Waals surface area contributed by atoms with Gasteiger partial charge >= 0.3 is 0 Å². The molecule has 0 heterocycles. The first kappa shape index (κ1) is 7.73.